The van der Waals surface area contributed by atoms with Gasteiger partial charge in [-0.25, -0.2) is 0 Å². The minimum absolute atomic E-state index is 0.617. The van der Waals surface area contributed by atoms with Crippen molar-refractivity contribution in [2.75, 3.05) is 9.80 Å². The third kappa shape index (κ3) is 11.6. The van der Waals surface area contributed by atoms with Crippen LogP contribution in [0.1, 0.15) is 186 Å². The monoisotopic (exact) mass is 1040 g/mol. The summed E-state index contributed by atoms with van der Waals surface area (Å²) in [6.45, 7) is 9.10. The van der Waals surface area contributed by atoms with Crippen molar-refractivity contribution < 1.29 is 0 Å². The number of nitriles is 2. The van der Waals surface area contributed by atoms with Gasteiger partial charge in [0.2, 0.25) is 0 Å². The van der Waals surface area contributed by atoms with Gasteiger partial charge < -0.3 is 9.80 Å². The number of aryl methyl sites for hydroxylation is 4. The van der Waals surface area contributed by atoms with Crippen LogP contribution in [0.15, 0.2) is 170 Å². The lowest BCUT2D eigenvalue weighted by Crippen LogP contribution is -2.27. The molecule has 1 spiro atoms. The van der Waals surface area contributed by atoms with Gasteiger partial charge in [0.25, 0.3) is 0 Å². The van der Waals surface area contributed by atoms with Gasteiger partial charge in [-0.2, -0.15) is 10.5 Å². The van der Waals surface area contributed by atoms with Crippen LogP contribution in [0, 0.1) is 22.7 Å². The van der Waals surface area contributed by atoms with Crippen molar-refractivity contribution in [1.29, 1.82) is 10.5 Å². The highest BCUT2D eigenvalue weighted by Gasteiger charge is 2.52. The highest BCUT2D eigenvalue weighted by molar-refractivity contribution is 5.98. The lowest BCUT2D eigenvalue weighted by atomic mass is 9.70. The third-order valence-corrected chi connectivity index (χ3v) is 17.1. The summed E-state index contributed by atoms with van der Waals surface area (Å²) in [6.07, 6.45) is 24.1. The summed E-state index contributed by atoms with van der Waals surface area (Å²) in [5, 5.41) is 21.4. The Morgan fingerprint density at radius 1 is 0.291 bits per heavy atom. The first kappa shape index (κ1) is 54.7. The number of nitrogens with zero attached hydrogens (tertiary/aromatic N) is 4. The lowest BCUT2D eigenvalue weighted by molar-refractivity contribution is 0.667. The van der Waals surface area contributed by atoms with Gasteiger partial charge in [-0.05, 0) is 215 Å². The summed E-state index contributed by atoms with van der Waals surface area (Å²) < 4.78 is 0. The van der Waals surface area contributed by atoms with Gasteiger partial charge in [0.15, 0.2) is 0 Å². The molecule has 0 unspecified atom stereocenters. The van der Waals surface area contributed by atoms with Crippen LogP contribution >= 0.6 is 0 Å². The molecule has 8 aromatic rings. The largest absolute Gasteiger partial charge is 0.310 e. The SMILES string of the molecule is CCCCCCc1ccc(N(c2ccc(CCCCCC)cc2)c2ccc3c(c2)C2(c4cc(C#N)ccc4-c4ccc(C#N)cc42)c2cc(N(c4ccc(CCCCCC)cc4)c4ccc(CCCCCC)cc4)ccc2-3)cc1. The number of hydrogen-bond donors (Lipinski definition) is 0. The molecule has 0 aromatic heterocycles. The molecule has 4 nitrogen and oxygen atoms in total. The number of hydrogen-bond acceptors (Lipinski definition) is 4. The van der Waals surface area contributed by atoms with E-state index >= 15 is 0 Å². The van der Waals surface area contributed by atoms with E-state index in [1.165, 1.54) is 125 Å². The van der Waals surface area contributed by atoms with Crippen molar-refractivity contribution in [2.45, 2.75) is 162 Å². The fraction of sp³-hybridized carbons (Fsp3) is 0.333. The maximum atomic E-state index is 10.7. The molecule has 0 amide bonds. The van der Waals surface area contributed by atoms with E-state index in [2.05, 4.69) is 207 Å². The van der Waals surface area contributed by atoms with Crippen molar-refractivity contribution in [3.05, 3.63) is 225 Å². The Morgan fingerprint density at radius 2 is 0.544 bits per heavy atom. The molecule has 4 heteroatoms. The second-order valence-electron chi connectivity index (χ2n) is 22.5. The predicted octanol–water partition coefficient (Wildman–Crippen LogP) is 21.2. The van der Waals surface area contributed by atoms with Gasteiger partial charge in [0.1, 0.15) is 0 Å². The van der Waals surface area contributed by atoms with E-state index in [1.54, 1.807) is 0 Å². The normalized spacial score (nSPS) is 12.4. The lowest BCUT2D eigenvalue weighted by Gasteiger charge is -2.33. The topological polar surface area (TPSA) is 54.1 Å². The van der Waals surface area contributed by atoms with Crippen LogP contribution in [-0.2, 0) is 31.1 Å². The zero-order chi connectivity index (χ0) is 54.6. The van der Waals surface area contributed by atoms with E-state index in [0.717, 1.165) is 104 Å². The third-order valence-electron chi connectivity index (χ3n) is 17.1. The number of rotatable bonds is 26. The minimum atomic E-state index is -0.853. The molecule has 0 aliphatic heterocycles. The molecule has 400 valence electrons. The number of benzene rings is 8. The van der Waals surface area contributed by atoms with Gasteiger partial charge >= 0.3 is 0 Å². The summed E-state index contributed by atoms with van der Waals surface area (Å²) >= 11 is 0. The molecule has 2 aliphatic carbocycles. The summed E-state index contributed by atoms with van der Waals surface area (Å²) in [4.78, 5) is 4.86. The second-order valence-corrected chi connectivity index (χ2v) is 22.5. The van der Waals surface area contributed by atoms with Gasteiger partial charge in [0, 0.05) is 34.1 Å². The quantitative estimate of drug-likeness (QED) is 0.0507. The summed E-state index contributed by atoms with van der Waals surface area (Å²) in [5.41, 5.74) is 21.4. The molecule has 0 fully saturated rings. The molecule has 0 heterocycles. The summed E-state index contributed by atoms with van der Waals surface area (Å²) in [7, 11) is 0. The van der Waals surface area contributed by atoms with Crippen LogP contribution in [0.2, 0.25) is 0 Å². The summed E-state index contributed by atoms with van der Waals surface area (Å²) in [5.74, 6) is 0. The van der Waals surface area contributed by atoms with Crippen molar-refractivity contribution in [2.24, 2.45) is 0 Å². The van der Waals surface area contributed by atoms with Crippen molar-refractivity contribution in [3.8, 4) is 34.4 Å². The fourth-order valence-corrected chi connectivity index (χ4v) is 12.8. The molecule has 0 N–H and O–H groups in total. The number of fused-ring (bicyclic) bond motifs is 10. The van der Waals surface area contributed by atoms with Crippen molar-refractivity contribution in [3.63, 3.8) is 0 Å². The van der Waals surface area contributed by atoms with E-state index in [1.807, 2.05) is 12.1 Å². The Hall–Kier alpha value is -7.66. The van der Waals surface area contributed by atoms with Crippen LogP contribution in [0.4, 0.5) is 34.1 Å². The zero-order valence-corrected chi connectivity index (χ0v) is 47.6. The van der Waals surface area contributed by atoms with E-state index in [0.29, 0.717) is 11.1 Å². The molecule has 0 atom stereocenters. The van der Waals surface area contributed by atoms with Crippen LogP contribution in [0.5, 0.6) is 0 Å². The van der Waals surface area contributed by atoms with E-state index in [-0.39, 0.29) is 0 Å². The molecule has 79 heavy (non-hydrogen) atoms. The second kappa shape index (κ2) is 25.9. The molecule has 0 saturated carbocycles. The Labute approximate surface area is 473 Å². The maximum absolute atomic E-state index is 10.7. The first-order valence-electron chi connectivity index (χ1n) is 30.3. The van der Waals surface area contributed by atoms with Gasteiger partial charge in [-0.1, -0.05) is 178 Å². The highest BCUT2D eigenvalue weighted by atomic mass is 15.1. The fourth-order valence-electron chi connectivity index (χ4n) is 12.8. The Kier molecular flexibility index (Phi) is 17.9. The molecular formula is C75H80N4. The van der Waals surface area contributed by atoms with Gasteiger partial charge in [-0.15, -0.1) is 0 Å². The molecule has 10 rings (SSSR count). The predicted molar refractivity (Wildman–Crippen MR) is 333 cm³/mol. The highest BCUT2D eigenvalue weighted by Crippen LogP contribution is 2.64. The molecule has 2 aliphatic rings. The maximum Gasteiger partial charge on any atom is 0.0991 e. The van der Waals surface area contributed by atoms with Gasteiger partial charge in [-0.3, -0.25) is 0 Å². The zero-order valence-electron chi connectivity index (χ0n) is 47.6. The number of unbranched alkanes of at least 4 members (excludes halogenated alkanes) is 12. The smallest absolute Gasteiger partial charge is 0.0991 e. The van der Waals surface area contributed by atoms with Crippen LogP contribution in [-0.4, -0.2) is 0 Å². The average Bonchev–Trinajstić information content (AvgIpc) is 2.75. The van der Waals surface area contributed by atoms with Crippen molar-refractivity contribution >= 4 is 34.1 Å². The van der Waals surface area contributed by atoms with E-state index in [4.69, 9.17) is 0 Å². The molecule has 8 aromatic carbocycles. The van der Waals surface area contributed by atoms with Crippen LogP contribution < -0.4 is 9.80 Å². The Bertz CT molecular complexity index is 3060. The Balaban J connectivity index is 1.15. The van der Waals surface area contributed by atoms with E-state index < -0.39 is 5.41 Å². The van der Waals surface area contributed by atoms with E-state index in [9.17, 15) is 10.5 Å². The van der Waals surface area contributed by atoms with Crippen LogP contribution in [0.3, 0.4) is 0 Å². The first-order valence-corrected chi connectivity index (χ1v) is 30.3. The molecule has 0 radical (unpaired) electrons. The molecular weight excluding hydrogens is 957 g/mol. The first-order chi connectivity index (χ1) is 38.9. The Morgan fingerprint density at radius 3 is 0.810 bits per heavy atom. The average molecular weight is 1040 g/mol. The van der Waals surface area contributed by atoms with Crippen molar-refractivity contribution in [1.82, 2.24) is 0 Å². The van der Waals surface area contributed by atoms with Crippen LogP contribution in [0.25, 0.3) is 22.3 Å². The molecule has 0 saturated heterocycles. The van der Waals surface area contributed by atoms with Gasteiger partial charge in [0.05, 0.1) is 28.7 Å². The number of anilines is 6. The minimum Gasteiger partial charge on any atom is -0.310 e. The molecule has 0 bridgehead atoms. The summed E-state index contributed by atoms with van der Waals surface area (Å²) in [6, 6.07) is 68.7. The standard InChI is InChI=1S/C75H80N4/c1-5-9-13-17-21-55-25-35-61(36-26-55)78(62-37-27-56(28-38-62)22-18-14-10-6-2)65-43-47-69-70-48-44-66(52-74(70)75(73(69)51-65)71-49-59(53-76)33-45-67(71)68-46-34-60(54-77)50-72(68)75)79(63-39-29-57(30-40-63)23-19-15-11-7-3)64-41-31-58(32-42-64)24-20-16-12-8-4/h25-52H,5-24H2,1-4H3.